The second kappa shape index (κ2) is 7.66. The molecule has 4 heterocycles. The van der Waals surface area contributed by atoms with E-state index in [2.05, 4.69) is 28.3 Å². The molecule has 2 unspecified atom stereocenters. The topological polar surface area (TPSA) is 96.0 Å². The molecule has 2 fully saturated rings. The SMILES string of the molecule is Cn1cc(CN2CC3CN(C(=O)On4c(O)ccc4O)CC3C2)c(-c2ccccc2)n1. The van der Waals surface area contributed by atoms with Crippen LogP contribution in [-0.2, 0) is 13.6 Å². The summed E-state index contributed by atoms with van der Waals surface area (Å²) in [5.74, 6) is 0.108. The van der Waals surface area contributed by atoms with Crippen molar-refractivity contribution >= 4 is 6.09 Å². The summed E-state index contributed by atoms with van der Waals surface area (Å²) in [4.78, 5) is 21.7. The van der Waals surface area contributed by atoms with Crippen molar-refractivity contribution in [3.8, 4) is 23.0 Å². The fourth-order valence-electron chi connectivity index (χ4n) is 4.73. The van der Waals surface area contributed by atoms with E-state index in [1.54, 1.807) is 4.90 Å². The number of aryl methyl sites for hydroxylation is 1. The van der Waals surface area contributed by atoms with Gasteiger partial charge in [-0.2, -0.15) is 5.10 Å². The van der Waals surface area contributed by atoms with Gasteiger partial charge in [0.25, 0.3) is 0 Å². The number of benzene rings is 1. The Hall–Kier alpha value is -3.46. The van der Waals surface area contributed by atoms with Crippen molar-refractivity contribution in [2.24, 2.45) is 18.9 Å². The standard InChI is InChI=1S/C22H25N5O4/c1-24-9-18(21(23-24)15-5-3-2-4-6-15)12-25-10-16-13-26(14-17(16)11-25)22(30)31-27-19(28)7-8-20(27)29/h2-9,16-17,28-29H,10-14H2,1H3. The van der Waals surface area contributed by atoms with Crippen molar-refractivity contribution in [3.05, 3.63) is 54.2 Å². The Balaban J connectivity index is 1.21. The molecule has 2 aliphatic rings. The van der Waals surface area contributed by atoms with E-state index in [1.807, 2.05) is 29.9 Å². The maximum absolute atomic E-state index is 12.5. The van der Waals surface area contributed by atoms with Gasteiger partial charge in [-0.15, -0.1) is 4.73 Å². The van der Waals surface area contributed by atoms with E-state index < -0.39 is 6.09 Å². The molecule has 31 heavy (non-hydrogen) atoms. The molecule has 5 rings (SSSR count). The maximum Gasteiger partial charge on any atom is 0.434 e. The Morgan fingerprint density at radius 1 is 1.03 bits per heavy atom. The van der Waals surface area contributed by atoms with E-state index in [9.17, 15) is 15.0 Å². The first-order valence-electron chi connectivity index (χ1n) is 10.3. The first-order chi connectivity index (χ1) is 15.0. The zero-order valence-corrected chi connectivity index (χ0v) is 17.3. The number of aromatic nitrogens is 3. The van der Waals surface area contributed by atoms with Crippen LogP contribution in [0, 0.1) is 11.8 Å². The number of hydrogen-bond donors (Lipinski definition) is 2. The normalized spacial score (nSPS) is 20.9. The number of nitrogens with zero attached hydrogens (tertiary/aromatic N) is 5. The van der Waals surface area contributed by atoms with Crippen LogP contribution in [0.1, 0.15) is 5.56 Å². The van der Waals surface area contributed by atoms with Crippen molar-refractivity contribution in [3.63, 3.8) is 0 Å². The van der Waals surface area contributed by atoms with E-state index in [4.69, 9.17) is 4.84 Å². The monoisotopic (exact) mass is 423 g/mol. The van der Waals surface area contributed by atoms with Crippen LogP contribution in [0.25, 0.3) is 11.3 Å². The van der Waals surface area contributed by atoms with Crippen molar-refractivity contribution in [2.45, 2.75) is 6.54 Å². The zero-order valence-electron chi connectivity index (χ0n) is 17.3. The van der Waals surface area contributed by atoms with Crippen molar-refractivity contribution < 1.29 is 19.8 Å². The Morgan fingerprint density at radius 3 is 2.32 bits per heavy atom. The van der Waals surface area contributed by atoms with Gasteiger partial charge in [0.05, 0.1) is 5.69 Å². The second-order valence-corrected chi connectivity index (χ2v) is 8.36. The third-order valence-corrected chi connectivity index (χ3v) is 6.13. The van der Waals surface area contributed by atoms with Crippen molar-refractivity contribution in [1.29, 1.82) is 0 Å². The molecule has 0 bridgehead atoms. The molecule has 2 aliphatic heterocycles. The third kappa shape index (κ3) is 3.72. The number of carbonyl (C=O) groups is 1. The minimum absolute atomic E-state index is 0.317. The van der Waals surface area contributed by atoms with E-state index >= 15 is 0 Å². The summed E-state index contributed by atoms with van der Waals surface area (Å²) in [7, 11) is 1.94. The molecule has 3 aromatic rings. The van der Waals surface area contributed by atoms with E-state index in [1.165, 1.54) is 17.7 Å². The summed E-state index contributed by atoms with van der Waals surface area (Å²) < 4.78 is 2.59. The van der Waals surface area contributed by atoms with E-state index in [0.717, 1.165) is 35.6 Å². The van der Waals surface area contributed by atoms with E-state index in [0.29, 0.717) is 24.9 Å². The lowest BCUT2D eigenvalue weighted by Gasteiger charge is -2.21. The van der Waals surface area contributed by atoms with E-state index in [-0.39, 0.29) is 11.8 Å². The second-order valence-electron chi connectivity index (χ2n) is 8.36. The lowest BCUT2D eigenvalue weighted by molar-refractivity contribution is 0.0774. The minimum Gasteiger partial charge on any atom is -0.492 e. The fraction of sp³-hybridized carbons (Fsp3) is 0.364. The first kappa shape index (κ1) is 19.5. The van der Waals surface area contributed by atoms with Gasteiger partial charge in [0.1, 0.15) is 0 Å². The van der Waals surface area contributed by atoms with Gasteiger partial charge in [-0.1, -0.05) is 30.3 Å². The molecule has 0 spiro atoms. The molecular weight excluding hydrogens is 398 g/mol. The molecule has 2 atom stereocenters. The summed E-state index contributed by atoms with van der Waals surface area (Å²) in [6.45, 7) is 3.82. The molecule has 9 nitrogen and oxygen atoms in total. The van der Waals surface area contributed by atoms with Gasteiger partial charge in [0.2, 0.25) is 11.8 Å². The molecule has 9 heteroatoms. The lowest BCUT2D eigenvalue weighted by Crippen LogP contribution is -2.37. The summed E-state index contributed by atoms with van der Waals surface area (Å²) in [5, 5.41) is 24.0. The number of amides is 1. The van der Waals surface area contributed by atoms with Gasteiger partial charge in [0, 0.05) is 69.2 Å². The number of aromatic hydroxyl groups is 2. The van der Waals surface area contributed by atoms with Crippen LogP contribution < -0.4 is 4.84 Å². The summed E-state index contributed by atoms with van der Waals surface area (Å²) in [6, 6.07) is 12.7. The van der Waals surface area contributed by atoms with Crippen LogP contribution in [0.2, 0.25) is 0 Å². The lowest BCUT2D eigenvalue weighted by atomic mass is 10.0. The van der Waals surface area contributed by atoms with Crippen molar-refractivity contribution in [1.82, 2.24) is 24.3 Å². The molecule has 2 saturated heterocycles. The van der Waals surface area contributed by atoms with Crippen LogP contribution in [0.5, 0.6) is 11.8 Å². The number of likely N-dealkylation sites (tertiary alicyclic amines) is 2. The van der Waals surface area contributed by atoms with Gasteiger partial charge in [0.15, 0.2) is 0 Å². The molecule has 0 aliphatic carbocycles. The number of carbonyl (C=O) groups excluding carboxylic acids is 1. The number of hydrogen-bond acceptors (Lipinski definition) is 6. The highest BCUT2D eigenvalue weighted by atomic mass is 16.7. The Kier molecular flexibility index (Phi) is 4.82. The van der Waals surface area contributed by atoms with Crippen LogP contribution in [0.3, 0.4) is 0 Å². The molecule has 2 aromatic heterocycles. The molecule has 1 aromatic carbocycles. The number of rotatable bonds is 4. The Labute approximate surface area is 179 Å². The average molecular weight is 423 g/mol. The van der Waals surface area contributed by atoms with Crippen LogP contribution in [0.4, 0.5) is 4.79 Å². The van der Waals surface area contributed by atoms with Crippen LogP contribution >= 0.6 is 0 Å². The highest BCUT2D eigenvalue weighted by Gasteiger charge is 2.42. The van der Waals surface area contributed by atoms with Gasteiger partial charge < -0.3 is 20.0 Å². The predicted molar refractivity (Wildman–Crippen MR) is 112 cm³/mol. The van der Waals surface area contributed by atoms with Gasteiger partial charge in [-0.25, -0.2) is 4.79 Å². The summed E-state index contributed by atoms with van der Waals surface area (Å²) in [6.07, 6.45) is 1.51. The summed E-state index contributed by atoms with van der Waals surface area (Å²) >= 11 is 0. The quantitative estimate of drug-likeness (QED) is 0.666. The molecule has 162 valence electrons. The highest BCUT2D eigenvalue weighted by molar-refractivity contribution is 5.68. The Bertz CT molecular complexity index is 1060. The molecular formula is C22H25N5O4. The molecule has 0 radical (unpaired) electrons. The maximum atomic E-state index is 12.5. The van der Waals surface area contributed by atoms with Crippen LogP contribution in [0.15, 0.2) is 48.7 Å². The molecule has 2 N–H and O–H groups in total. The average Bonchev–Trinajstić information content (AvgIpc) is 3.49. The first-order valence-corrected chi connectivity index (χ1v) is 10.3. The predicted octanol–water partition coefficient (Wildman–Crippen LogP) is 1.91. The number of fused-ring (bicyclic) bond motifs is 1. The Morgan fingerprint density at radius 2 is 1.68 bits per heavy atom. The zero-order chi connectivity index (χ0) is 21.5. The molecule has 1 amide bonds. The van der Waals surface area contributed by atoms with Crippen molar-refractivity contribution in [2.75, 3.05) is 26.2 Å². The largest absolute Gasteiger partial charge is 0.492 e. The van der Waals surface area contributed by atoms with Gasteiger partial charge in [-0.3, -0.25) is 9.58 Å². The summed E-state index contributed by atoms with van der Waals surface area (Å²) in [5.41, 5.74) is 3.32. The highest BCUT2D eigenvalue weighted by Crippen LogP contribution is 2.33. The molecule has 0 saturated carbocycles. The fourth-order valence-corrected chi connectivity index (χ4v) is 4.73. The van der Waals surface area contributed by atoms with Crippen LogP contribution in [-0.4, -0.2) is 66.8 Å². The smallest absolute Gasteiger partial charge is 0.434 e. The third-order valence-electron chi connectivity index (χ3n) is 6.13. The van der Waals surface area contributed by atoms with Gasteiger partial charge in [-0.05, 0) is 11.8 Å². The minimum atomic E-state index is -0.568. The van der Waals surface area contributed by atoms with Gasteiger partial charge >= 0.3 is 6.09 Å².